The van der Waals surface area contributed by atoms with E-state index in [2.05, 4.69) is 10.6 Å². The van der Waals surface area contributed by atoms with Crippen molar-refractivity contribution < 1.29 is 35.9 Å². The van der Waals surface area contributed by atoms with Crippen molar-refractivity contribution in [2.24, 2.45) is 0 Å². The fourth-order valence-corrected chi connectivity index (χ4v) is 7.75. The minimum atomic E-state index is -4.25. The Morgan fingerprint density at radius 1 is 0.604 bits per heavy atom. The highest BCUT2D eigenvalue weighted by atomic mass is 35.5. The average molecular weight is 736 g/mol. The van der Waals surface area contributed by atoms with Gasteiger partial charge in [0.05, 0.1) is 35.4 Å². The van der Waals surface area contributed by atoms with Gasteiger partial charge in [-0.15, -0.1) is 0 Å². The maximum absolute atomic E-state index is 13.7. The highest BCUT2D eigenvalue weighted by Crippen LogP contribution is 2.36. The highest BCUT2D eigenvalue weighted by molar-refractivity contribution is 7.93. The lowest BCUT2D eigenvalue weighted by atomic mass is 10.3. The van der Waals surface area contributed by atoms with E-state index in [0.29, 0.717) is 0 Å². The molecular weight excluding hydrogens is 703 g/mol. The zero-order valence-electron chi connectivity index (χ0n) is 25.8. The van der Waals surface area contributed by atoms with E-state index in [-0.39, 0.29) is 55.8 Å². The van der Waals surface area contributed by atoms with E-state index in [1.165, 1.54) is 74.9 Å². The van der Waals surface area contributed by atoms with Gasteiger partial charge < -0.3 is 20.1 Å². The Balaban J connectivity index is 1.47. The number of hydrogen-bond donors (Lipinski definition) is 2. The number of sulfonamides is 2. The third kappa shape index (κ3) is 8.69. The molecule has 0 radical (unpaired) electrons. The number of hydrogen-bond acceptors (Lipinski definition) is 8. The van der Waals surface area contributed by atoms with Crippen molar-refractivity contribution in [2.45, 2.75) is 9.79 Å². The summed E-state index contributed by atoms with van der Waals surface area (Å²) in [5, 5.41) is 5.60. The molecule has 4 aromatic rings. The molecule has 2 amide bonds. The SMILES string of the molecule is COc1ccc(Cl)cc1N(CC(=O)NCCNC(=O)CN(c1cc(Cl)ccc1OC)S(=O)(=O)c1ccccc1)S(=O)(=O)c1ccccc1. The lowest BCUT2D eigenvalue weighted by Crippen LogP contribution is -2.45. The normalized spacial score (nSPS) is 11.3. The minimum Gasteiger partial charge on any atom is -0.495 e. The second-order valence-electron chi connectivity index (χ2n) is 9.98. The molecule has 48 heavy (non-hydrogen) atoms. The van der Waals surface area contributed by atoms with Crippen LogP contribution < -0.4 is 28.7 Å². The number of halogens is 2. The Bertz CT molecular complexity index is 1820. The number of ether oxygens (including phenoxy) is 2. The van der Waals surface area contributed by atoms with E-state index < -0.39 is 45.0 Å². The Morgan fingerprint density at radius 3 is 1.29 bits per heavy atom. The summed E-state index contributed by atoms with van der Waals surface area (Å²) in [4.78, 5) is 26.0. The molecule has 16 heteroatoms. The van der Waals surface area contributed by atoms with Gasteiger partial charge in [0.1, 0.15) is 24.6 Å². The molecule has 12 nitrogen and oxygen atoms in total. The van der Waals surface area contributed by atoms with Crippen LogP contribution in [-0.2, 0) is 29.6 Å². The second-order valence-corrected chi connectivity index (χ2v) is 14.6. The van der Waals surface area contributed by atoms with E-state index in [4.69, 9.17) is 32.7 Å². The van der Waals surface area contributed by atoms with Gasteiger partial charge in [-0.1, -0.05) is 59.6 Å². The Morgan fingerprint density at radius 2 is 0.958 bits per heavy atom. The second kappa shape index (κ2) is 16.1. The number of nitrogens with one attached hydrogen (secondary N) is 2. The topological polar surface area (TPSA) is 151 Å². The first-order valence-electron chi connectivity index (χ1n) is 14.2. The van der Waals surface area contributed by atoms with Gasteiger partial charge in [-0.3, -0.25) is 18.2 Å². The standard InChI is InChI=1S/C32H32Cl2N4O8S2/c1-45-29-15-13-23(33)19-27(29)37(47(41,42)25-9-5-3-6-10-25)21-31(39)35-17-18-36-32(40)22-38(28-20-24(34)14-16-30(28)46-2)48(43,44)26-11-7-4-8-12-26/h3-16,19-20H,17-18,21-22H2,1-2H3,(H,35,39)(H,36,40). The number of amides is 2. The van der Waals surface area contributed by atoms with Crippen LogP contribution in [-0.4, -0.2) is 69.0 Å². The fraction of sp³-hybridized carbons (Fsp3) is 0.188. The molecule has 0 aliphatic heterocycles. The maximum atomic E-state index is 13.7. The molecule has 0 unspecified atom stereocenters. The first-order chi connectivity index (χ1) is 22.9. The molecule has 0 spiro atoms. The summed E-state index contributed by atoms with van der Waals surface area (Å²) in [5.74, 6) is -1.04. The molecule has 0 bridgehead atoms. The Kier molecular flexibility index (Phi) is 12.2. The largest absolute Gasteiger partial charge is 0.495 e. The van der Waals surface area contributed by atoms with Crippen LogP contribution in [0.25, 0.3) is 0 Å². The van der Waals surface area contributed by atoms with E-state index >= 15 is 0 Å². The minimum absolute atomic E-state index is 0.0495. The van der Waals surface area contributed by atoms with E-state index in [1.54, 1.807) is 36.4 Å². The van der Waals surface area contributed by atoms with Crippen LogP contribution in [0.15, 0.2) is 107 Å². The van der Waals surface area contributed by atoms with Crippen LogP contribution >= 0.6 is 23.2 Å². The van der Waals surface area contributed by atoms with Gasteiger partial charge in [-0.2, -0.15) is 0 Å². The number of anilines is 2. The molecule has 4 aromatic carbocycles. The predicted octanol–water partition coefficient (Wildman–Crippen LogP) is 4.33. The molecule has 0 atom stereocenters. The van der Waals surface area contributed by atoms with Gasteiger partial charge in [0, 0.05) is 23.1 Å². The predicted molar refractivity (Wildman–Crippen MR) is 184 cm³/mol. The van der Waals surface area contributed by atoms with Crippen molar-refractivity contribution in [1.82, 2.24) is 10.6 Å². The smallest absolute Gasteiger partial charge is 0.264 e. The summed E-state index contributed by atoms with van der Waals surface area (Å²) in [6.07, 6.45) is 0. The molecule has 0 saturated heterocycles. The molecular formula is C32H32Cl2N4O8S2. The number of rotatable bonds is 15. The van der Waals surface area contributed by atoms with Crippen LogP contribution in [0.3, 0.4) is 0 Å². The summed E-state index contributed by atoms with van der Waals surface area (Å²) in [6, 6.07) is 23.9. The van der Waals surface area contributed by atoms with E-state index in [9.17, 15) is 26.4 Å². The van der Waals surface area contributed by atoms with Crippen LogP contribution in [0.1, 0.15) is 0 Å². The monoisotopic (exact) mass is 734 g/mol. The lowest BCUT2D eigenvalue weighted by molar-refractivity contribution is -0.121. The Labute approximate surface area is 289 Å². The zero-order valence-corrected chi connectivity index (χ0v) is 28.9. The summed E-state index contributed by atoms with van der Waals surface area (Å²) in [6.45, 7) is -1.50. The van der Waals surface area contributed by atoms with Gasteiger partial charge in [0.25, 0.3) is 20.0 Å². The summed E-state index contributed by atoms with van der Waals surface area (Å²) >= 11 is 12.3. The van der Waals surface area contributed by atoms with Crippen LogP contribution in [0.4, 0.5) is 11.4 Å². The number of benzene rings is 4. The van der Waals surface area contributed by atoms with Gasteiger partial charge in [-0.05, 0) is 60.7 Å². The first-order valence-corrected chi connectivity index (χ1v) is 17.9. The molecule has 0 fully saturated rings. The summed E-state index contributed by atoms with van der Waals surface area (Å²) < 4.78 is 67.1. The van der Waals surface area contributed by atoms with Crippen LogP contribution in [0.2, 0.25) is 10.0 Å². The molecule has 0 heterocycles. The quantitative estimate of drug-likeness (QED) is 0.171. The Hall–Kier alpha value is -4.50. The van der Waals surface area contributed by atoms with Crippen molar-refractivity contribution in [1.29, 1.82) is 0 Å². The summed E-state index contributed by atoms with van der Waals surface area (Å²) in [7, 11) is -5.78. The molecule has 254 valence electrons. The van der Waals surface area contributed by atoms with Crippen molar-refractivity contribution in [3.63, 3.8) is 0 Å². The van der Waals surface area contributed by atoms with Gasteiger partial charge in [-0.25, -0.2) is 16.8 Å². The molecule has 0 saturated carbocycles. The highest BCUT2D eigenvalue weighted by Gasteiger charge is 2.31. The molecule has 0 aliphatic carbocycles. The van der Waals surface area contributed by atoms with Gasteiger partial charge in [0.15, 0.2) is 0 Å². The molecule has 0 aliphatic rings. The number of carbonyl (C=O) groups excluding carboxylic acids is 2. The fourth-order valence-electron chi connectivity index (χ4n) is 4.53. The lowest BCUT2D eigenvalue weighted by Gasteiger charge is -2.26. The summed E-state index contributed by atoms with van der Waals surface area (Å²) in [5.41, 5.74) is 0.0990. The molecule has 0 aromatic heterocycles. The average Bonchev–Trinajstić information content (AvgIpc) is 3.08. The van der Waals surface area contributed by atoms with Gasteiger partial charge >= 0.3 is 0 Å². The van der Waals surface area contributed by atoms with Gasteiger partial charge in [0.2, 0.25) is 11.8 Å². The number of nitrogens with zero attached hydrogens (tertiary/aromatic N) is 2. The zero-order chi connectivity index (χ0) is 34.9. The van der Waals surface area contributed by atoms with E-state index in [0.717, 1.165) is 8.61 Å². The van der Waals surface area contributed by atoms with Crippen molar-refractivity contribution >= 4 is 66.4 Å². The first kappa shape index (κ1) is 36.3. The molecule has 4 rings (SSSR count). The van der Waals surface area contributed by atoms with Crippen LogP contribution in [0, 0.1) is 0 Å². The molecule has 2 N–H and O–H groups in total. The van der Waals surface area contributed by atoms with Crippen molar-refractivity contribution in [3.05, 3.63) is 107 Å². The number of methoxy groups -OCH3 is 2. The van der Waals surface area contributed by atoms with Crippen molar-refractivity contribution in [2.75, 3.05) is 49.0 Å². The van der Waals surface area contributed by atoms with Crippen LogP contribution in [0.5, 0.6) is 11.5 Å². The van der Waals surface area contributed by atoms with E-state index in [1.807, 2.05) is 0 Å². The third-order valence-corrected chi connectivity index (χ3v) is 10.8. The third-order valence-electron chi connectivity index (χ3n) is 6.83. The van der Waals surface area contributed by atoms with Crippen molar-refractivity contribution in [3.8, 4) is 11.5 Å². The number of carbonyl (C=O) groups is 2. The maximum Gasteiger partial charge on any atom is 0.264 e.